The summed E-state index contributed by atoms with van der Waals surface area (Å²) in [6.07, 6.45) is 3.60. The Morgan fingerprint density at radius 3 is 3.10 bits per heavy atom. The minimum absolute atomic E-state index is 0.0494. The van der Waals surface area contributed by atoms with Crippen LogP contribution in [0.5, 0.6) is 0 Å². The maximum atomic E-state index is 12.1. The quantitative estimate of drug-likeness (QED) is 0.861. The van der Waals surface area contributed by atoms with Gasteiger partial charge in [-0.15, -0.1) is 0 Å². The highest BCUT2D eigenvalue weighted by Crippen LogP contribution is 2.27. The van der Waals surface area contributed by atoms with E-state index in [9.17, 15) is 4.79 Å². The van der Waals surface area contributed by atoms with Crippen LogP contribution >= 0.6 is 0 Å². The molecule has 1 saturated heterocycles. The van der Waals surface area contributed by atoms with Crippen molar-refractivity contribution >= 4 is 11.7 Å². The van der Waals surface area contributed by atoms with Crippen LogP contribution in [0.4, 0.5) is 5.82 Å². The minimum Gasteiger partial charge on any atom is -0.355 e. The van der Waals surface area contributed by atoms with Gasteiger partial charge in [-0.05, 0) is 43.9 Å². The van der Waals surface area contributed by atoms with Gasteiger partial charge in [0.05, 0.1) is 0 Å². The Bertz CT molecular complexity index is 465. The summed E-state index contributed by atoms with van der Waals surface area (Å²) in [5.74, 6) is 1.55. The molecule has 0 unspecified atom stereocenters. The minimum atomic E-state index is -0.0494. The van der Waals surface area contributed by atoms with Crippen molar-refractivity contribution in [3.8, 4) is 0 Å². The van der Waals surface area contributed by atoms with E-state index < -0.39 is 0 Å². The van der Waals surface area contributed by atoms with E-state index in [1.807, 2.05) is 12.1 Å². The molecular weight excluding hydrogens is 252 g/mol. The number of pyridine rings is 1. The van der Waals surface area contributed by atoms with Crippen molar-refractivity contribution in [3.05, 3.63) is 23.9 Å². The molecule has 1 aliphatic heterocycles. The third kappa shape index (κ3) is 3.48. The second-order valence-electron chi connectivity index (χ2n) is 5.63. The number of hydrogen-bond donors (Lipinski definition) is 2. The van der Waals surface area contributed by atoms with E-state index in [1.54, 1.807) is 6.07 Å². The second kappa shape index (κ2) is 6.22. The van der Waals surface area contributed by atoms with Crippen LogP contribution in [0.1, 0.15) is 29.8 Å². The number of anilines is 1. The van der Waals surface area contributed by atoms with E-state index in [1.165, 1.54) is 12.8 Å². The molecule has 0 atom stereocenters. The number of carbonyl (C=O) groups excluding carboxylic acids is 1. The monoisotopic (exact) mass is 274 g/mol. The standard InChI is InChI=1S/C15H22N4O/c20-15(17-11-12-5-6-12)13-3-1-4-14(18-13)19-9-2-7-16-8-10-19/h1,3-4,12,16H,2,5-11H2,(H,17,20). The number of amides is 1. The van der Waals surface area contributed by atoms with Crippen LogP contribution in [0, 0.1) is 5.92 Å². The summed E-state index contributed by atoms with van der Waals surface area (Å²) >= 11 is 0. The van der Waals surface area contributed by atoms with Gasteiger partial charge in [0.15, 0.2) is 0 Å². The van der Waals surface area contributed by atoms with E-state index in [-0.39, 0.29) is 5.91 Å². The van der Waals surface area contributed by atoms with Crippen LogP contribution in [0.2, 0.25) is 0 Å². The van der Waals surface area contributed by atoms with Crippen LogP contribution in [-0.2, 0) is 0 Å². The fourth-order valence-corrected chi connectivity index (χ4v) is 2.45. The number of hydrogen-bond acceptors (Lipinski definition) is 4. The number of nitrogens with zero attached hydrogens (tertiary/aromatic N) is 2. The van der Waals surface area contributed by atoms with Crippen molar-refractivity contribution in [2.24, 2.45) is 5.92 Å². The lowest BCUT2D eigenvalue weighted by Crippen LogP contribution is -2.30. The Hall–Kier alpha value is -1.62. The lowest BCUT2D eigenvalue weighted by Gasteiger charge is -2.21. The van der Waals surface area contributed by atoms with E-state index in [0.717, 1.165) is 45.0 Å². The van der Waals surface area contributed by atoms with Gasteiger partial charge in [-0.3, -0.25) is 4.79 Å². The molecule has 5 heteroatoms. The second-order valence-corrected chi connectivity index (χ2v) is 5.63. The average molecular weight is 274 g/mol. The molecule has 3 rings (SSSR count). The van der Waals surface area contributed by atoms with Gasteiger partial charge in [-0.25, -0.2) is 4.98 Å². The molecule has 1 aromatic rings. The average Bonchev–Trinajstić information content (AvgIpc) is 3.31. The largest absolute Gasteiger partial charge is 0.355 e. The molecule has 2 heterocycles. The van der Waals surface area contributed by atoms with Crippen molar-refractivity contribution in [2.75, 3.05) is 37.6 Å². The molecule has 5 nitrogen and oxygen atoms in total. The Labute approximate surface area is 119 Å². The van der Waals surface area contributed by atoms with E-state index >= 15 is 0 Å². The molecule has 1 saturated carbocycles. The smallest absolute Gasteiger partial charge is 0.269 e. The lowest BCUT2D eigenvalue weighted by molar-refractivity contribution is 0.0947. The molecule has 0 radical (unpaired) electrons. The predicted molar refractivity (Wildman–Crippen MR) is 79.0 cm³/mol. The van der Waals surface area contributed by atoms with Gasteiger partial charge in [0.25, 0.3) is 5.91 Å². The molecule has 2 fully saturated rings. The van der Waals surface area contributed by atoms with Gasteiger partial charge in [-0.2, -0.15) is 0 Å². The first-order chi connectivity index (χ1) is 9.83. The summed E-state index contributed by atoms with van der Waals surface area (Å²) in [6.45, 7) is 4.75. The summed E-state index contributed by atoms with van der Waals surface area (Å²) in [4.78, 5) is 18.8. The van der Waals surface area contributed by atoms with Gasteiger partial charge < -0.3 is 15.5 Å². The molecule has 108 valence electrons. The highest BCUT2D eigenvalue weighted by Gasteiger charge is 2.22. The zero-order valence-electron chi connectivity index (χ0n) is 11.8. The van der Waals surface area contributed by atoms with Crippen molar-refractivity contribution < 1.29 is 4.79 Å². The molecule has 2 N–H and O–H groups in total. The van der Waals surface area contributed by atoms with Gasteiger partial charge >= 0.3 is 0 Å². The van der Waals surface area contributed by atoms with Gasteiger partial charge in [0.2, 0.25) is 0 Å². The summed E-state index contributed by atoms with van der Waals surface area (Å²) in [5.41, 5.74) is 0.528. The molecule has 1 aromatic heterocycles. The van der Waals surface area contributed by atoms with Crippen molar-refractivity contribution in [1.29, 1.82) is 0 Å². The zero-order chi connectivity index (χ0) is 13.8. The molecule has 0 aromatic carbocycles. The summed E-state index contributed by atoms with van der Waals surface area (Å²) in [7, 11) is 0. The number of rotatable bonds is 4. The van der Waals surface area contributed by atoms with Crippen LogP contribution in [0.15, 0.2) is 18.2 Å². The Kier molecular flexibility index (Phi) is 4.16. The van der Waals surface area contributed by atoms with Gasteiger partial charge in [-0.1, -0.05) is 6.07 Å². The first-order valence-corrected chi connectivity index (χ1v) is 7.54. The third-order valence-electron chi connectivity index (χ3n) is 3.88. The SMILES string of the molecule is O=C(NCC1CC1)c1cccc(N2CCCNCC2)n1. The highest BCUT2D eigenvalue weighted by atomic mass is 16.1. The fourth-order valence-electron chi connectivity index (χ4n) is 2.45. The van der Waals surface area contributed by atoms with Crippen molar-refractivity contribution in [2.45, 2.75) is 19.3 Å². The van der Waals surface area contributed by atoms with Crippen LogP contribution in [0.25, 0.3) is 0 Å². The number of nitrogens with one attached hydrogen (secondary N) is 2. The Balaban J connectivity index is 1.65. The third-order valence-corrected chi connectivity index (χ3v) is 3.88. The molecule has 1 aliphatic carbocycles. The van der Waals surface area contributed by atoms with Crippen LogP contribution < -0.4 is 15.5 Å². The van der Waals surface area contributed by atoms with E-state index in [0.29, 0.717) is 11.6 Å². The molecule has 0 bridgehead atoms. The maximum Gasteiger partial charge on any atom is 0.269 e. The molecular formula is C15H22N4O. The van der Waals surface area contributed by atoms with Gasteiger partial charge in [0, 0.05) is 26.2 Å². The summed E-state index contributed by atoms with van der Waals surface area (Å²) in [5, 5.41) is 6.35. The normalized spacial score (nSPS) is 19.5. The molecule has 0 spiro atoms. The van der Waals surface area contributed by atoms with Crippen molar-refractivity contribution in [1.82, 2.24) is 15.6 Å². The predicted octanol–water partition coefficient (Wildman–Crippen LogP) is 1.02. The molecule has 20 heavy (non-hydrogen) atoms. The Morgan fingerprint density at radius 2 is 2.25 bits per heavy atom. The van der Waals surface area contributed by atoms with E-state index in [2.05, 4.69) is 20.5 Å². The van der Waals surface area contributed by atoms with Crippen molar-refractivity contribution in [3.63, 3.8) is 0 Å². The molecule has 2 aliphatic rings. The number of carbonyl (C=O) groups is 1. The first-order valence-electron chi connectivity index (χ1n) is 7.54. The van der Waals surface area contributed by atoms with E-state index in [4.69, 9.17) is 0 Å². The molecule has 1 amide bonds. The summed E-state index contributed by atoms with van der Waals surface area (Å²) < 4.78 is 0. The van der Waals surface area contributed by atoms with Crippen LogP contribution in [-0.4, -0.2) is 43.6 Å². The lowest BCUT2D eigenvalue weighted by atomic mass is 10.3. The topological polar surface area (TPSA) is 57.3 Å². The van der Waals surface area contributed by atoms with Crippen LogP contribution in [0.3, 0.4) is 0 Å². The fraction of sp³-hybridized carbons (Fsp3) is 0.600. The zero-order valence-corrected chi connectivity index (χ0v) is 11.8. The Morgan fingerprint density at radius 1 is 1.35 bits per heavy atom. The highest BCUT2D eigenvalue weighted by molar-refractivity contribution is 5.92. The van der Waals surface area contributed by atoms with Gasteiger partial charge in [0.1, 0.15) is 11.5 Å². The first kappa shape index (κ1) is 13.4. The maximum absolute atomic E-state index is 12.1. The number of aromatic nitrogens is 1. The summed E-state index contributed by atoms with van der Waals surface area (Å²) in [6, 6.07) is 5.71.